The van der Waals surface area contributed by atoms with Crippen LogP contribution >= 0.6 is 0 Å². The summed E-state index contributed by atoms with van der Waals surface area (Å²) in [4.78, 5) is 10.6. The van der Waals surface area contributed by atoms with Gasteiger partial charge >= 0.3 is 5.97 Å². The number of nitriles is 1. The average Bonchev–Trinajstić information content (AvgIpc) is 2.89. The zero-order valence-electron chi connectivity index (χ0n) is 9.90. The maximum atomic E-state index is 12.0. The van der Waals surface area contributed by atoms with Gasteiger partial charge in [-0.25, -0.2) is 4.79 Å². The molecule has 0 aliphatic carbocycles. The average molecular weight is 292 g/mol. The molecule has 0 aliphatic heterocycles. The summed E-state index contributed by atoms with van der Waals surface area (Å²) in [7, 11) is -4.04. The molecule has 0 saturated carbocycles. The predicted molar refractivity (Wildman–Crippen MR) is 67.6 cm³/mol. The Morgan fingerprint density at radius 2 is 2.05 bits per heavy atom. The Kier molecular flexibility index (Phi) is 3.45. The summed E-state index contributed by atoms with van der Waals surface area (Å²) in [6.07, 6.45) is 0. The van der Waals surface area contributed by atoms with Crippen molar-refractivity contribution in [1.29, 1.82) is 5.26 Å². The van der Waals surface area contributed by atoms with E-state index >= 15 is 0 Å². The maximum absolute atomic E-state index is 12.0. The van der Waals surface area contributed by atoms with E-state index in [-0.39, 0.29) is 11.3 Å². The van der Waals surface area contributed by atoms with Crippen LogP contribution in [0.4, 0.5) is 5.69 Å². The summed E-state index contributed by atoms with van der Waals surface area (Å²) >= 11 is 0. The summed E-state index contributed by atoms with van der Waals surface area (Å²) in [5, 5.41) is 16.9. The molecule has 2 rings (SSSR count). The molecule has 2 N–H and O–H groups in total. The first kappa shape index (κ1) is 13.6. The summed E-state index contributed by atoms with van der Waals surface area (Å²) in [5.41, 5.74) is 0.466. The second-order valence-electron chi connectivity index (χ2n) is 3.72. The first-order chi connectivity index (χ1) is 9.42. The molecule has 1 aromatic carbocycles. The molecule has 0 amide bonds. The lowest BCUT2D eigenvalue weighted by atomic mass is 10.2. The highest BCUT2D eigenvalue weighted by atomic mass is 32.2. The lowest BCUT2D eigenvalue weighted by Gasteiger charge is -2.05. The normalized spacial score (nSPS) is 10.8. The van der Waals surface area contributed by atoms with E-state index in [0.29, 0.717) is 0 Å². The van der Waals surface area contributed by atoms with E-state index in [1.807, 2.05) is 6.07 Å². The van der Waals surface area contributed by atoms with Crippen molar-refractivity contribution < 1.29 is 22.7 Å². The van der Waals surface area contributed by atoms with Gasteiger partial charge in [0, 0.05) is 0 Å². The first-order valence-corrected chi connectivity index (χ1v) is 6.77. The minimum Gasteiger partial charge on any atom is -0.475 e. The molecule has 102 valence electrons. The molecule has 20 heavy (non-hydrogen) atoms. The van der Waals surface area contributed by atoms with Crippen LogP contribution in [0.15, 0.2) is 45.9 Å². The molecule has 0 spiro atoms. The van der Waals surface area contributed by atoms with Gasteiger partial charge in [0.2, 0.25) is 10.9 Å². The molecule has 0 fully saturated rings. The smallest absolute Gasteiger partial charge is 0.371 e. The molecular weight excluding hydrogens is 284 g/mol. The second kappa shape index (κ2) is 5.07. The molecule has 8 heteroatoms. The van der Waals surface area contributed by atoms with Gasteiger partial charge in [0.15, 0.2) is 0 Å². The van der Waals surface area contributed by atoms with Crippen LogP contribution in [-0.4, -0.2) is 19.5 Å². The van der Waals surface area contributed by atoms with Gasteiger partial charge in [0.25, 0.3) is 10.0 Å². The van der Waals surface area contributed by atoms with E-state index in [0.717, 1.165) is 12.1 Å². The number of carboxylic acids is 1. The van der Waals surface area contributed by atoms with Crippen molar-refractivity contribution in [2.45, 2.75) is 5.09 Å². The number of carboxylic acid groups (broad SMARTS) is 1. The Balaban J connectivity index is 2.30. The van der Waals surface area contributed by atoms with Crippen molar-refractivity contribution in [3.8, 4) is 6.07 Å². The number of sulfonamides is 1. The topological polar surface area (TPSA) is 120 Å². The number of hydrogen-bond acceptors (Lipinski definition) is 5. The van der Waals surface area contributed by atoms with E-state index in [4.69, 9.17) is 14.8 Å². The molecule has 0 bridgehead atoms. The molecule has 0 radical (unpaired) electrons. The van der Waals surface area contributed by atoms with Crippen molar-refractivity contribution in [3.05, 3.63) is 47.7 Å². The van der Waals surface area contributed by atoms with Crippen molar-refractivity contribution >= 4 is 21.7 Å². The van der Waals surface area contributed by atoms with E-state index in [9.17, 15) is 13.2 Å². The van der Waals surface area contributed by atoms with Gasteiger partial charge in [0.05, 0.1) is 17.3 Å². The first-order valence-electron chi connectivity index (χ1n) is 5.28. The van der Waals surface area contributed by atoms with Crippen LogP contribution < -0.4 is 4.72 Å². The van der Waals surface area contributed by atoms with Crippen LogP contribution in [0.3, 0.4) is 0 Å². The Morgan fingerprint density at radius 1 is 1.30 bits per heavy atom. The van der Waals surface area contributed by atoms with E-state index in [2.05, 4.69) is 4.72 Å². The van der Waals surface area contributed by atoms with Crippen LogP contribution in [0.25, 0.3) is 0 Å². The van der Waals surface area contributed by atoms with Crippen molar-refractivity contribution in [3.63, 3.8) is 0 Å². The van der Waals surface area contributed by atoms with Crippen molar-refractivity contribution in [2.75, 3.05) is 4.72 Å². The number of benzene rings is 1. The molecule has 0 saturated heterocycles. The number of rotatable bonds is 4. The van der Waals surface area contributed by atoms with Crippen LogP contribution in [0.2, 0.25) is 0 Å². The largest absolute Gasteiger partial charge is 0.475 e. The highest BCUT2D eigenvalue weighted by Gasteiger charge is 2.21. The lowest BCUT2D eigenvalue weighted by molar-refractivity contribution is 0.0656. The van der Waals surface area contributed by atoms with Gasteiger partial charge in [0.1, 0.15) is 0 Å². The number of anilines is 1. The molecule has 0 unspecified atom stereocenters. The summed E-state index contributed by atoms with van der Waals surface area (Å²) in [6.45, 7) is 0. The minimum absolute atomic E-state index is 0.178. The van der Waals surface area contributed by atoms with Crippen molar-refractivity contribution in [1.82, 2.24) is 0 Å². The second-order valence-corrected chi connectivity index (χ2v) is 5.34. The van der Waals surface area contributed by atoms with Gasteiger partial charge in [-0.15, -0.1) is 0 Å². The summed E-state index contributed by atoms with van der Waals surface area (Å²) in [5.74, 6) is -1.84. The lowest BCUT2D eigenvalue weighted by Crippen LogP contribution is -2.12. The highest BCUT2D eigenvalue weighted by Crippen LogP contribution is 2.19. The van der Waals surface area contributed by atoms with Gasteiger partial charge in [-0.3, -0.25) is 4.72 Å². The Morgan fingerprint density at radius 3 is 2.65 bits per heavy atom. The highest BCUT2D eigenvalue weighted by molar-refractivity contribution is 7.92. The third kappa shape index (κ3) is 2.78. The third-order valence-corrected chi connectivity index (χ3v) is 3.55. The number of nitrogens with one attached hydrogen (secondary N) is 1. The zero-order valence-corrected chi connectivity index (χ0v) is 10.7. The molecule has 0 aliphatic rings. The number of carbonyl (C=O) groups is 1. The zero-order chi connectivity index (χ0) is 14.8. The van der Waals surface area contributed by atoms with Gasteiger partial charge in [-0.05, 0) is 30.3 Å². The molecule has 1 heterocycles. The third-order valence-electron chi connectivity index (χ3n) is 2.30. The van der Waals surface area contributed by atoms with Gasteiger partial charge < -0.3 is 9.52 Å². The Hall–Kier alpha value is -2.79. The molecule has 7 nitrogen and oxygen atoms in total. The monoisotopic (exact) mass is 292 g/mol. The number of furan rings is 1. The van der Waals surface area contributed by atoms with Gasteiger partial charge in [-0.2, -0.15) is 13.7 Å². The summed E-state index contributed by atoms with van der Waals surface area (Å²) in [6, 6.07) is 9.80. The van der Waals surface area contributed by atoms with Crippen LogP contribution in [0, 0.1) is 11.3 Å². The maximum Gasteiger partial charge on any atom is 0.371 e. The predicted octanol–water partition coefficient (Wildman–Crippen LogP) is 1.65. The van der Waals surface area contributed by atoms with Crippen LogP contribution in [0.1, 0.15) is 16.1 Å². The number of hydrogen-bond donors (Lipinski definition) is 2. The van der Waals surface area contributed by atoms with E-state index in [1.54, 1.807) is 0 Å². The van der Waals surface area contributed by atoms with Crippen molar-refractivity contribution in [2.24, 2.45) is 0 Å². The molecule has 2 aromatic rings. The van der Waals surface area contributed by atoms with E-state index in [1.165, 1.54) is 24.3 Å². The van der Waals surface area contributed by atoms with E-state index < -0.39 is 26.8 Å². The quantitative estimate of drug-likeness (QED) is 0.883. The summed E-state index contributed by atoms with van der Waals surface area (Å²) < 4.78 is 30.8. The Bertz CT molecular complexity index is 801. The number of aromatic carboxylic acids is 1. The van der Waals surface area contributed by atoms with Crippen LogP contribution in [-0.2, 0) is 10.0 Å². The fourth-order valence-corrected chi connectivity index (χ4v) is 2.42. The fraction of sp³-hybridized carbons (Fsp3) is 0. The Labute approximate surface area is 114 Å². The SMILES string of the molecule is N#Cc1cccc(NS(=O)(=O)c2ccc(C(=O)O)o2)c1. The molecule has 1 aromatic heterocycles. The van der Waals surface area contributed by atoms with Crippen LogP contribution in [0.5, 0.6) is 0 Å². The number of nitrogens with zero attached hydrogens (tertiary/aromatic N) is 1. The fourth-order valence-electron chi connectivity index (χ4n) is 1.44. The minimum atomic E-state index is -4.04. The molecule has 0 atom stereocenters. The van der Waals surface area contributed by atoms with Gasteiger partial charge in [-0.1, -0.05) is 6.07 Å². The standard InChI is InChI=1S/C12H8N2O5S/c13-7-8-2-1-3-9(6-8)14-20(17,18)11-5-4-10(19-11)12(15)16/h1-6,14H,(H,15,16). The molecular formula is C12H8N2O5S.